The average molecular weight is 478 g/mol. The SMILES string of the molecule is CC(=O)CCc1ccc(O[C@H]2O[C@H](COC(=O)c3cc(O)c(O)c(O)c3)[C@@H](O)[C@H](O)[C@H]2O)cc1. The van der Waals surface area contributed by atoms with E-state index >= 15 is 0 Å². The average Bonchev–Trinajstić information content (AvgIpc) is 2.81. The molecule has 0 aromatic heterocycles. The van der Waals surface area contributed by atoms with Crippen molar-refractivity contribution in [3.05, 3.63) is 47.5 Å². The van der Waals surface area contributed by atoms with Crippen LogP contribution in [0, 0.1) is 0 Å². The van der Waals surface area contributed by atoms with Crippen molar-refractivity contribution in [1.29, 1.82) is 0 Å². The molecule has 1 aliphatic rings. The zero-order valence-corrected chi connectivity index (χ0v) is 18.2. The maximum Gasteiger partial charge on any atom is 0.338 e. The number of aliphatic hydroxyl groups excluding tert-OH is 3. The van der Waals surface area contributed by atoms with Gasteiger partial charge in [-0.1, -0.05) is 12.1 Å². The number of phenols is 3. The number of rotatable bonds is 8. The number of phenolic OH excluding ortho intramolecular Hbond substituents is 3. The maximum absolute atomic E-state index is 12.2. The van der Waals surface area contributed by atoms with Crippen LogP contribution in [0.1, 0.15) is 29.3 Å². The van der Waals surface area contributed by atoms with Gasteiger partial charge in [0.05, 0.1) is 5.56 Å². The van der Waals surface area contributed by atoms with Gasteiger partial charge in [-0.2, -0.15) is 0 Å². The minimum Gasteiger partial charge on any atom is -0.504 e. The van der Waals surface area contributed by atoms with Gasteiger partial charge in [-0.05, 0) is 43.2 Å². The number of carbonyl (C=O) groups is 2. The molecular formula is C23H26O11. The molecule has 0 spiro atoms. The van der Waals surface area contributed by atoms with Gasteiger partial charge in [0.1, 0.15) is 42.6 Å². The molecule has 34 heavy (non-hydrogen) atoms. The fraction of sp³-hybridized carbons (Fsp3) is 0.391. The third-order valence-corrected chi connectivity index (χ3v) is 5.29. The van der Waals surface area contributed by atoms with Gasteiger partial charge >= 0.3 is 5.97 Å². The van der Waals surface area contributed by atoms with E-state index in [-0.39, 0.29) is 11.3 Å². The highest BCUT2D eigenvalue weighted by Crippen LogP contribution is 2.35. The van der Waals surface area contributed by atoms with Crippen molar-refractivity contribution in [2.75, 3.05) is 6.61 Å². The van der Waals surface area contributed by atoms with Crippen molar-refractivity contribution in [3.63, 3.8) is 0 Å². The molecule has 1 heterocycles. The van der Waals surface area contributed by atoms with E-state index in [0.717, 1.165) is 17.7 Å². The summed E-state index contributed by atoms with van der Waals surface area (Å²) in [6.07, 6.45) is -6.60. The van der Waals surface area contributed by atoms with Crippen molar-refractivity contribution in [2.45, 2.75) is 50.5 Å². The molecule has 5 atom stereocenters. The van der Waals surface area contributed by atoms with Crippen LogP contribution >= 0.6 is 0 Å². The van der Waals surface area contributed by atoms with Gasteiger partial charge in [0.15, 0.2) is 17.2 Å². The quantitative estimate of drug-likeness (QED) is 0.228. The molecule has 2 aromatic carbocycles. The van der Waals surface area contributed by atoms with Crippen LogP contribution in [-0.4, -0.2) is 79.7 Å². The van der Waals surface area contributed by atoms with E-state index in [2.05, 4.69) is 0 Å². The lowest BCUT2D eigenvalue weighted by Crippen LogP contribution is -2.60. The molecule has 0 unspecified atom stereocenters. The lowest BCUT2D eigenvalue weighted by molar-refractivity contribution is -0.277. The standard InChI is InChI=1S/C23H26O11/c1-11(24)2-3-12-4-6-14(7-5-12)33-23-21(30)20(29)19(28)17(34-23)10-32-22(31)13-8-15(25)18(27)16(26)9-13/h4-9,17,19-21,23,25-30H,2-3,10H2,1H3/t17-,19-,20+,21-,23+/m1/s1. The van der Waals surface area contributed by atoms with Gasteiger partial charge in [-0.25, -0.2) is 4.79 Å². The van der Waals surface area contributed by atoms with Gasteiger partial charge in [0, 0.05) is 6.42 Å². The summed E-state index contributed by atoms with van der Waals surface area (Å²) >= 11 is 0. The predicted molar refractivity (Wildman–Crippen MR) is 114 cm³/mol. The Balaban J connectivity index is 1.63. The molecule has 3 rings (SSSR count). The fourth-order valence-electron chi connectivity index (χ4n) is 3.30. The highest BCUT2D eigenvalue weighted by Gasteiger charge is 2.45. The molecule has 1 saturated heterocycles. The number of ether oxygens (including phenoxy) is 3. The van der Waals surface area contributed by atoms with E-state index in [1.807, 2.05) is 0 Å². The number of ketones is 1. The molecule has 1 fully saturated rings. The van der Waals surface area contributed by atoms with Crippen LogP contribution in [0.4, 0.5) is 0 Å². The number of aromatic hydroxyl groups is 3. The number of Topliss-reactive ketones (excluding diaryl/α,β-unsaturated/α-hetero) is 1. The number of hydrogen-bond donors (Lipinski definition) is 6. The molecule has 0 bridgehead atoms. The van der Waals surface area contributed by atoms with Crippen molar-refractivity contribution in [3.8, 4) is 23.0 Å². The van der Waals surface area contributed by atoms with Crippen LogP contribution < -0.4 is 4.74 Å². The Morgan fingerprint density at radius 1 is 0.941 bits per heavy atom. The van der Waals surface area contributed by atoms with Crippen molar-refractivity contribution < 1.29 is 54.4 Å². The Morgan fingerprint density at radius 2 is 1.56 bits per heavy atom. The van der Waals surface area contributed by atoms with E-state index in [9.17, 15) is 40.2 Å². The van der Waals surface area contributed by atoms with Crippen LogP contribution in [0.25, 0.3) is 0 Å². The predicted octanol–water partition coefficient (Wildman–Crippen LogP) is 0.368. The molecule has 6 N–H and O–H groups in total. The Bertz CT molecular complexity index is 997. The van der Waals surface area contributed by atoms with Gasteiger partial charge in [-0.3, -0.25) is 0 Å². The van der Waals surface area contributed by atoms with Gasteiger partial charge < -0.3 is 49.6 Å². The summed E-state index contributed by atoms with van der Waals surface area (Å²) in [4.78, 5) is 23.3. The number of aliphatic hydroxyl groups is 3. The Labute approximate surface area is 194 Å². The third-order valence-electron chi connectivity index (χ3n) is 5.29. The first-order chi connectivity index (χ1) is 16.1. The number of carbonyl (C=O) groups excluding carboxylic acids is 2. The van der Waals surface area contributed by atoms with Gasteiger partial charge in [0.25, 0.3) is 0 Å². The fourth-order valence-corrected chi connectivity index (χ4v) is 3.30. The molecule has 0 amide bonds. The molecule has 184 valence electrons. The van der Waals surface area contributed by atoms with Crippen molar-refractivity contribution in [2.24, 2.45) is 0 Å². The summed E-state index contributed by atoms with van der Waals surface area (Å²) in [6, 6.07) is 8.42. The summed E-state index contributed by atoms with van der Waals surface area (Å²) in [6.45, 7) is 0.946. The molecule has 11 nitrogen and oxygen atoms in total. The van der Waals surface area contributed by atoms with Crippen LogP contribution in [0.3, 0.4) is 0 Å². The first kappa shape index (κ1) is 25.2. The van der Waals surface area contributed by atoms with Gasteiger partial charge in [0.2, 0.25) is 6.29 Å². The second-order valence-electron chi connectivity index (χ2n) is 7.94. The zero-order valence-electron chi connectivity index (χ0n) is 18.2. The molecular weight excluding hydrogens is 452 g/mol. The Morgan fingerprint density at radius 3 is 2.15 bits per heavy atom. The lowest BCUT2D eigenvalue weighted by Gasteiger charge is -2.39. The second-order valence-corrected chi connectivity index (χ2v) is 7.94. The summed E-state index contributed by atoms with van der Waals surface area (Å²) in [7, 11) is 0. The maximum atomic E-state index is 12.2. The molecule has 2 aromatic rings. The molecule has 0 radical (unpaired) electrons. The van der Waals surface area contributed by atoms with Crippen molar-refractivity contribution in [1.82, 2.24) is 0 Å². The van der Waals surface area contributed by atoms with Crippen molar-refractivity contribution >= 4 is 11.8 Å². The van der Waals surface area contributed by atoms with Crippen LogP contribution in [0.15, 0.2) is 36.4 Å². The van der Waals surface area contributed by atoms with E-state index in [0.29, 0.717) is 18.6 Å². The third kappa shape index (κ3) is 5.94. The highest BCUT2D eigenvalue weighted by atomic mass is 16.7. The van der Waals surface area contributed by atoms with Crippen LogP contribution in [-0.2, 0) is 20.7 Å². The minimum atomic E-state index is -1.67. The van der Waals surface area contributed by atoms with E-state index in [4.69, 9.17) is 14.2 Å². The first-order valence-electron chi connectivity index (χ1n) is 10.4. The summed E-state index contributed by atoms with van der Waals surface area (Å²) < 4.78 is 16.1. The monoisotopic (exact) mass is 478 g/mol. The van der Waals surface area contributed by atoms with E-state index < -0.39 is 60.5 Å². The minimum absolute atomic E-state index is 0.0670. The zero-order chi connectivity index (χ0) is 25.0. The number of benzene rings is 2. The summed E-state index contributed by atoms with van der Waals surface area (Å²) in [5, 5.41) is 59.1. The summed E-state index contributed by atoms with van der Waals surface area (Å²) in [5.74, 6) is -2.92. The van der Waals surface area contributed by atoms with Gasteiger partial charge in [-0.15, -0.1) is 0 Å². The molecule has 1 aliphatic heterocycles. The smallest absolute Gasteiger partial charge is 0.338 e. The summed E-state index contributed by atoms with van der Waals surface area (Å²) in [5.41, 5.74) is 0.621. The van der Waals surface area contributed by atoms with E-state index in [1.165, 1.54) is 6.92 Å². The molecule has 0 aliphatic carbocycles. The topological polar surface area (TPSA) is 183 Å². The largest absolute Gasteiger partial charge is 0.504 e. The lowest BCUT2D eigenvalue weighted by atomic mass is 9.99. The molecule has 11 heteroatoms. The molecule has 0 saturated carbocycles. The first-order valence-corrected chi connectivity index (χ1v) is 10.4. The number of hydrogen-bond acceptors (Lipinski definition) is 11. The van der Waals surface area contributed by atoms with Crippen LogP contribution in [0.5, 0.6) is 23.0 Å². The number of aryl methyl sites for hydroxylation is 1. The normalized spacial score (nSPS) is 24.4. The highest BCUT2D eigenvalue weighted by molar-refractivity contribution is 5.91. The number of esters is 1. The van der Waals surface area contributed by atoms with E-state index in [1.54, 1.807) is 24.3 Å². The second kappa shape index (κ2) is 10.7. The Kier molecular flexibility index (Phi) is 7.94. The Hall–Kier alpha value is -3.38. The van der Waals surface area contributed by atoms with Crippen LogP contribution in [0.2, 0.25) is 0 Å².